The van der Waals surface area contributed by atoms with Crippen LogP contribution < -0.4 is 5.32 Å². The van der Waals surface area contributed by atoms with Crippen molar-refractivity contribution in [3.05, 3.63) is 16.1 Å². The Bertz CT molecular complexity index is 614. The maximum absolute atomic E-state index is 5.57. The smallest absolute Gasteiger partial charge is 0.193 e. The zero-order chi connectivity index (χ0) is 21.2. The largest absolute Gasteiger partial charge is 0.379 e. The average molecular weight is 426 g/mol. The van der Waals surface area contributed by atoms with Gasteiger partial charge in [-0.3, -0.25) is 9.89 Å². The molecule has 0 aliphatic carbocycles. The first-order chi connectivity index (χ1) is 14.0. The number of guanidine groups is 1. The molecule has 2 unspecified atom stereocenters. The van der Waals surface area contributed by atoms with Crippen LogP contribution in [0.2, 0.25) is 0 Å². The summed E-state index contributed by atoms with van der Waals surface area (Å²) < 4.78 is 10.9. The van der Waals surface area contributed by atoms with Gasteiger partial charge in [0.1, 0.15) is 11.1 Å². The van der Waals surface area contributed by atoms with Crippen LogP contribution in [-0.2, 0) is 16.0 Å². The van der Waals surface area contributed by atoms with Crippen molar-refractivity contribution >= 4 is 17.3 Å². The van der Waals surface area contributed by atoms with E-state index in [4.69, 9.17) is 14.5 Å². The molecule has 2 rings (SSSR count). The van der Waals surface area contributed by atoms with Crippen molar-refractivity contribution in [2.75, 3.05) is 54.1 Å². The summed E-state index contributed by atoms with van der Waals surface area (Å²) in [5, 5.41) is 6.74. The highest BCUT2D eigenvalue weighted by Gasteiger charge is 2.27. The van der Waals surface area contributed by atoms with E-state index < -0.39 is 0 Å². The third-order valence-electron chi connectivity index (χ3n) is 5.82. The second-order valence-electron chi connectivity index (χ2n) is 7.63. The Kier molecular flexibility index (Phi) is 10.3. The Morgan fingerprint density at radius 3 is 2.66 bits per heavy atom. The van der Waals surface area contributed by atoms with Crippen LogP contribution in [0.1, 0.15) is 50.4 Å². The van der Waals surface area contributed by atoms with Crippen molar-refractivity contribution in [3.8, 4) is 0 Å². The molecule has 1 fully saturated rings. The lowest BCUT2D eigenvalue weighted by Crippen LogP contribution is -2.53. The fraction of sp³-hybridized carbons (Fsp3) is 0.810. The van der Waals surface area contributed by atoms with Gasteiger partial charge < -0.3 is 19.7 Å². The summed E-state index contributed by atoms with van der Waals surface area (Å²) in [7, 11) is 5.63. The Morgan fingerprint density at radius 2 is 2.07 bits per heavy atom. The van der Waals surface area contributed by atoms with Crippen LogP contribution in [0.5, 0.6) is 0 Å². The molecule has 0 amide bonds. The molecule has 0 aromatic carbocycles. The number of rotatable bonds is 10. The van der Waals surface area contributed by atoms with E-state index in [2.05, 4.69) is 46.4 Å². The normalized spacial score (nSPS) is 18.1. The molecule has 1 aliphatic rings. The van der Waals surface area contributed by atoms with Crippen molar-refractivity contribution in [3.63, 3.8) is 0 Å². The van der Waals surface area contributed by atoms with Gasteiger partial charge in [-0.05, 0) is 12.8 Å². The molecular formula is C21H39N5O2S. The van der Waals surface area contributed by atoms with Crippen molar-refractivity contribution in [2.45, 2.75) is 52.3 Å². The topological polar surface area (TPSA) is 62.2 Å². The summed E-state index contributed by atoms with van der Waals surface area (Å²) in [6.07, 6.45) is 2.41. The van der Waals surface area contributed by atoms with Gasteiger partial charge in [0.15, 0.2) is 5.96 Å². The Balaban J connectivity index is 1.97. The van der Waals surface area contributed by atoms with Crippen LogP contribution >= 0.6 is 11.3 Å². The second kappa shape index (κ2) is 12.5. The van der Waals surface area contributed by atoms with Gasteiger partial charge in [0, 0.05) is 52.3 Å². The molecule has 1 aromatic heterocycles. The molecule has 1 saturated heterocycles. The molecule has 1 aliphatic heterocycles. The maximum atomic E-state index is 5.57. The average Bonchev–Trinajstić information content (AvgIpc) is 3.22. The third-order valence-corrected chi connectivity index (χ3v) is 6.87. The van der Waals surface area contributed by atoms with E-state index in [-0.39, 0.29) is 6.10 Å². The molecule has 8 heteroatoms. The standard InChI is InChI=1S/C21H39N5O2S/c1-7-17(8-2)19(26-9-11-28-12-10-26)13-23-21(22-4)25(5)14-18-15-29-20(24-18)16(3)27-6/h15-17,19H,7-14H2,1-6H3,(H,22,23). The van der Waals surface area contributed by atoms with Crippen LogP contribution in [0, 0.1) is 5.92 Å². The van der Waals surface area contributed by atoms with E-state index in [1.54, 1.807) is 18.4 Å². The lowest BCUT2D eigenvalue weighted by molar-refractivity contribution is 0.00261. The molecule has 1 aromatic rings. The molecule has 0 bridgehead atoms. The van der Waals surface area contributed by atoms with Crippen molar-refractivity contribution in [1.82, 2.24) is 20.1 Å². The number of aliphatic imine (C=N–C) groups is 1. The molecule has 1 N–H and O–H groups in total. The fourth-order valence-corrected chi connectivity index (χ4v) is 4.76. The number of thiazole rings is 1. The molecule has 2 heterocycles. The van der Waals surface area contributed by atoms with E-state index in [9.17, 15) is 0 Å². The summed E-state index contributed by atoms with van der Waals surface area (Å²) in [5.74, 6) is 1.57. The number of aromatic nitrogens is 1. The predicted molar refractivity (Wildman–Crippen MR) is 121 cm³/mol. The molecule has 29 heavy (non-hydrogen) atoms. The predicted octanol–water partition coefficient (Wildman–Crippen LogP) is 2.99. The van der Waals surface area contributed by atoms with Crippen LogP contribution in [0.3, 0.4) is 0 Å². The highest BCUT2D eigenvalue weighted by atomic mass is 32.1. The number of hydrogen-bond acceptors (Lipinski definition) is 6. The molecule has 0 saturated carbocycles. The molecule has 2 atom stereocenters. The number of methoxy groups -OCH3 is 1. The molecule has 7 nitrogen and oxygen atoms in total. The molecule has 166 valence electrons. The first kappa shape index (κ1) is 24.1. The lowest BCUT2D eigenvalue weighted by atomic mass is 9.92. The van der Waals surface area contributed by atoms with Crippen molar-refractivity contribution < 1.29 is 9.47 Å². The van der Waals surface area contributed by atoms with Gasteiger partial charge in [0.25, 0.3) is 0 Å². The van der Waals surface area contributed by atoms with Gasteiger partial charge in [0.05, 0.1) is 25.5 Å². The number of ether oxygens (including phenoxy) is 2. The minimum Gasteiger partial charge on any atom is -0.379 e. The second-order valence-corrected chi connectivity index (χ2v) is 8.52. The van der Waals surface area contributed by atoms with E-state index in [0.29, 0.717) is 12.0 Å². The van der Waals surface area contributed by atoms with Gasteiger partial charge in [-0.1, -0.05) is 26.7 Å². The van der Waals surface area contributed by atoms with E-state index in [1.807, 2.05) is 14.0 Å². The van der Waals surface area contributed by atoms with Gasteiger partial charge in [-0.25, -0.2) is 4.98 Å². The van der Waals surface area contributed by atoms with Crippen molar-refractivity contribution in [1.29, 1.82) is 0 Å². The Labute approximate surface area is 180 Å². The van der Waals surface area contributed by atoms with Gasteiger partial charge in [0.2, 0.25) is 0 Å². The maximum Gasteiger partial charge on any atom is 0.193 e. The van der Waals surface area contributed by atoms with Crippen LogP contribution in [0.25, 0.3) is 0 Å². The summed E-state index contributed by atoms with van der Waals surface area (Å²) in [5.41, 5.74) is 1.05. The van der Waals surface area contributed by atoms with E-state index in [0.717, 1.165) is 56.1 Å². The van der Waals surface area contributed by atoms with E-state index >= 15 is 0 Å². The zero-order valence-corrected chi connectivity index (χ0v) is 19.8. The van der Waals surface area contributed by atoms with Gasteiger partial charge in [-0.15, -0.1) is 11.3 Å². The highest BCUT2D eigenvalue weighted by molar-refractivity contribution is 7.09. The number of morpholine rings is 1. The minimum absolute atomic E-state index is 0.0331. The van der Waals surface area contributed by atoms with Crippen LogP contribution in [0.4, 0.5) is 0 Å². The number of nitrogens with zero attached hydrogens (tertiary/aromatic N) is 4. The lowest BCUT2D eigenvalue weighted by Gasteiger charge is -2.39. The first-order valence-corrected chi connectivity index (χ1v) is 11.6. The van der Waals surface area contributed by atoms with Gasteiger partial charge >= 0.3 is 0 Å². The SMILES string of the molecule is CCC(CC)C(CNC(=NC)N(C)Cc1csc(C(C)OC)n1)N1CCOCC1. The summed E-state index contributed by atoms with van der Waals surface area (Å²) in [4.78, 5) is 13.9. The monoisotopic (exact) mass is 425 g/mol. The van der Waals surface area contributed by atoms with Crippen LogP contribution in [0.15, 0.2) is 10.4 Å². The molecule has 0 radical (unpaired) electrons. The summed E-state index contributed by atoms with van der Waals surface area (Å²) in [6.45, 7) is 11.9. The minimum atomic E-state index is 0.0331. The molecule has 0 spiro atoms. The van der Waals surface area contributed by atoms with E-state index in [1.165, 1.54) is 12.8 Å². The third kappa shape index (κ3) is 6.91. The highest BCUT2D eigenvalue weighted by Crippen LogP contribution is 2.21. The quantitative estimate of drug-likeness (QED) is 0.459. The Hall–Kier alpha value is -1.22. The zero-order valence-electron chi connectivity index (χ0n) is 19.0. The first-order valence-electron chi connectivity index (χ1n) is 10.7. The summed E-state index contributed by atoms with van der Waals surface area (Å²) in [6, 6.07) is 0.493. The fourth-order valence-electron chi connectivity index (χ4n) is 3.92. The molecular weight excluding hydrogens is 386 g/mol. The van der Waals surface area contributed by atoms with Crippen LogP contribution in [-0.4, -0.2) is 80.8 Å². The number of hydrogen-bond donors (Lipinski definition) is 1. The van der Waals surface area contributed by atoms with Gasteiger partial charge in [-0.2, -0.15) is 0 Å². The van der Waals surface area contributed by atoms with Crippen molar-refractivity contribution in [2.24, 2.45) is 10.9 Å². The Morgan fingerprint density at radius 1 is 1.38 bits per heavy atom. The number of nitrogens with one attached hydrogen (secondary N) is 1. The summed E-state index contributed by atoms with van der Waals surface area (Å²) >= 11 is 1.65.